The van der Waals surface area contributed by atoms with E-state index in [1.165, 1.54) is 6.07 Å². The van der Waals surface area contributed by atoms with Crippen molar-refractivity contribution in [2.24, 2.45) is 5.73 Å². The molecule has 0 aliphatic carbocycles. The Bertz CT molecular complexity index is 779. The van der Waals surface area contributed by atoms with Crippen LogP contribution in [0.5, 0.6) is 0 Å². The third kappa shape index (κ3) is 3.77. The average molecular weight is 390 g/mol. The Kier molecular flexibility index (Phi) is 4.93. The van der Waals surface area contributed by atoms with Crippen LogP contribution in [0.1, 0.15) is 11.1 Å². The van der Waals surface area contributed by atoms with Crippen LogP contribution < -0.4 is 10.5 Å². The van der Waals surface area contributed by atoms with E-state index in [4.69, 9.17) is 17.3 Å². The minimum atomic E-state index is -3.69. The lowest BCUT2D eigenvalue weighted by atomic mass is 10.2. The van der Waals surface area contributed by atoms with Gasteiger partial charge in [0.05, 0.1) is 5.69 Å². The maximum Gasteiger partial charge on any atom is 0.263 e. The maximum atomic E-state index is 12.4. The van der Waals surface area contributed by atoms with Gasteiger partial charge in [0.15, 0.2) is 0 Å². The van der Waals surface area contributed by atoms with Crippen molar-refractivity contribution in [3.05, 3.63) is 57.0 Å². The topological polar surface area (TPSA) is 72.2 Å². The molecule has 4 nitrogen and oxygen atoms in total. The minimum absolute atomic E-state index is 0.149. The molecule has 0 atom stereocenters. The summed E-state index contributed by atoms with van der Waals surface area (Å²) in [6, 6.07) is 9.90. The van der Waals surface area contributed by atoms with Crippen molar-refractivity contribution in [3.8, 4) is 0 Å². The molecule has 0 heterocycles. The van der Waals surface area contributed by atoms with E-state index in [-0.39, 0.29) is 4.90 Å². The van der Waals surface area contributed by atoms with Crippen LogP contribution in [-0.2, 0) is 16.6 Å². The highest BCUT2D eigenvalue weighted by Crippen LogP contribution is 2.27. The van der Waals surface area contributed by atoms with Gasteiger partial charge in [0, 0.05) is 16.0 Å². The molecule has 2 aromatic rings. The van der Waals surface area contributed by atoms with Crippen molar-refractivity contribution < 1.29 is 8.42 Å². The Balaban J connectivity index is 2.36. The molecule has 3 N–H and O–H groups in total. The van der Waals surface area contributed by atoms with Crippen molar-refractivity contribution in [2.75, 3.05) is 4.72 Å². The quantitative estimate of drug-likeness (QED) is 0.838. The number of anilines is 1. The van der Waals surface area contributed by atoms with Crippen LogP contribution in [0.15, 0.2) is 45.8 Å². The van der Waals surface area contributed by atoms with Gasteiger partial charge in [-0.25, -0.2) is 8.42 Å². The SMILES string of the molecule is Cc1ccc(NS(=O)(=O)c2ccc(CN)cc2Br)cc1Cl. The van der Waals surface area contributed by atoms with Gasteiger partial charge in [0.25, 0.3) is 10.0 Å². The summed E-state index contributed by atoms with van der Waals surface area (Å²) in [6.45, 7) is 2.20. The van der Waals surface area contributed by atoms with Gasteiger partial charge >= 0.3 is 0 Å². The predicted molar refractivity (Wildman–Crippen MR) is 89.0 cm³/mol. The van der Waals surface area contributed by atoms with Gasteiger partial charge in [-0.15, -0.1) is 0 Å². The molecule has 0 aromatic heterocycles. The molecule has 0 aliphatic rings. The van der Waals surface area contributed by atoms with E-state index >= 15 is 0 Å². The Morgan fingerprint density at radius 3 is 2.52 bits per heavy atom. The zero-order chi connectivity index (χ0) is 15.6. The summed E-state index contributed by atoms with van der Waals surface area (Å²) >= 11 is 9.26. The van der Waals surface area contributed by atoms with Crippen LogP contribution in [0, 0.1) is 6.92 Å². The molecule has 0 saturated heterocycles. The summed E-state index contributed by atoms with van der Waals surface area (Å²) in [5.41, 5.74) is 7.68. The molecule has 112 valence electrons. The van der Waals surface area contributed by atoms with E-state index in [1.807, 2.05) is 6.92 Å². The molecule has 0 bridgehead atoms. The number of nitrogens with two attached hydrogens (primary N) is 1. The summed E-state index contributed by atoms with van der Waals surface area (Å²) in [6.07, 6.45) is 0. The molecule has 0 fully saturated rings. The number of rotatable bonds is 4. The highest BCUT2D eigenvalue weighted by atomic mass is 79.9. The van der Waals surface area contributed by atoms with E-state index in [9.17, 15) is 8.42 Å². The number of halogens is 2. The van der Waals surface area contributed by atoms with Gasteiger partial charge < -0.3 is 5.73 Å². The maximum absolute atomic E-state index is 12.4. The van der Waals surface area contributed by atoms with E-state index < -0.39 is 10.0 Å². The fourth-order valence-corrected chi connectivity index (χ4v) is 4.11. The van der Waals surface area contributed by atoms with Crippen molar-refractivity contribution in [1.82, 2.24) is 0 Å². The summed E-state index contributed by atoms with van der Waals surface area (Å²) < 4.78 is 27.8. The van der Waals surface area contributed by atoms with Crippen LogP contribution in [0.25, 0.3) is 0 Å². The third-order valence-corrected chi connectivity index (χ3v) is 5.71. The smallest absolute Gasteiger partial charge is 0.263 e. The Labute approximate surface area is 137 Å². The van der Waals surface area contributed by atoms with E-state index in [2.05, 4.69) is 20.7 Å². The van der Waals surface area contributed by atoms with Gasteiger partial charge in [-0.1, -0.05) is 23.7 Å². The molecule has 0 saturated carbocycles. The lowest BCUT2D eigenvalue weighted by Crippen LogP contribution is -2.14. The summed E-state index contributed by atoms with van der Waals surface area (Å²) in [5.74, 6) is 0. The average Bonchev–Trinajstić information content (AvgIpc) is 2.42. The standard InChI is InChI=1S/C14H14BrClN2O2S/c1-9-2-4-11(7-13(9)16)18-21(19,20)14-5-3-10(8-17)6-12(14)15/h2-7,18H,8,17H2,1H3. The first-order chi connectivity index (χ1) is 9.83. The molecular formula is C14H14BrClN2O2S. The fourth-order valence-electron chi connectivity index (χ4n) is 1.76. The minimum Gasteiger partial charge on any atom is -0.326 e. The highest BCUT2D eigenvalue weighted by Gasteiger charge is 2.18. The second kappa shape index (κ2) is 6.36. The molecule has 0 aliphatic heterocycles. The Morgan fingerprint density at radius 2 is 1.95 bits per heavy atom. The van der Waals surface area contributed by atoms with Crippen molar-refractivity contribution in [2.45, 2.75) is 18.4 Å². The summed E-state index contributed by atoms with van der Waals surface area (Å²) in [7, 11) is -3.69. The van der Waals surface area contributed by atoms with E-state index in [1.54, 1.807) is 30.3 Å². The molecule has 2 aromatic carbocycles. The number of nitrogens with one attached hydrogen (secondary N) is 1. The van der Waals surface area contributed by atoms with Crippen molar-refractivity contribution >= 4 is 43.2 Å². The summed E-state index contributed by atoms with van der Waals surface area (Å²) in [4.78, 5) is 0.149. The number of hydrogen-bond donors (Lipinski definition) is 2. The van der Waals surface area contributed by atoms with Gasteiger partial charge in [-0.3, -0.25) is 4.72 Å². The Morgan fingerprint density at radius 1 is 1.24 bits per heavy atom. The summed E-state index contributed by atoms with van der Waals surface area (Å²) in [5, 5.41) is 0.507. The fraction of sp³-hybridized carbons (Fsp3) is 0.143. The second-order valence-corrected chi connectivity index (χ2v) is 7.45. The van der Waals surface area contributed by atoms with Crippen LogP contribution >= 0.6 is 27.5 Å². The van der Waals surface area contributed by atoms with E-state index in [0.29, 0.717) is 21.7 Å². The van der Waals surface area contributed by atoms with Crippen LogP contribution in [-0.4, -0.2) is 8.42 Å². The Hall–Kier alpha value is -1.08. The molecule has 0 amide bonds. The monoisotopic (exact) mass is 388 g/mol. The van der Waals surface area contributed by atoms with E-state index in [0.717, 1.165) is 11.1 Å². The lowest BCUT2D eigenvalue weighted by Gasteiger charge is -2.11. The van der Waals surface area contributed by atoms with Gasteiger partial charge in [-0.05, 0) is 58.2 Å². The lowest BCUT2D eigenvalue weighted by molar-refractivity contribution is 0.600. The molecule has 0 radical (unpaired) electrons. The van der Waals surface area contributed by atoms with Gasteiger partial charge in [-0.2, -0.15) is 0 Å². The van der Waals surface area contributed by atoms with Crippen molar-refractivity contribution in [1.29, 1.82) is 0 Å². The molecular weight excluding hydrogens is 376 g/mol. The first-order valence-corrected chi connectivity index (χ1v) is 8.76. The molecule has 7 heteroatoms. The second-order valence-electron chi connectivity index (χ2n) is 4.54. The molecule has 2 rings (SSSR count). The molecule has 21 heavy (non-hydrogen) atoms. The van der Waals surface area contributed by atoms with Gasteiger partial charge in [0.1, 0.15) is 4.90 Å². The highest BCUT2D eigenvalue weighted by molar-refractivity contribution is 9.10. The zero-order valence-electron chi connectivity index (χ0n) is 11.2. The van der Waals surface area contributed by atoms with Gasteiger partial charge in [0.2, 0.25) is 0 Å². The number of benzene rings is 2. The van der Waals surface area contributed by atoms with Crippen LogP contribution in [0.4, 0.5) is 5.69 Å². The number of aryl methyl sites for hydroxylation is 1. The predicted octanol–water partition coefficient (Wildman–Crippen LogP) is 3.67. The van der Waals surface area contributed by atoms with Crippen molar-refractivity contribution in [3.63, 3.8) is 0 Å². The van der Waals surface area contributed by atoms with Crippen LogP contribution in [0.3, 0.4) is 0 Å². The number of hydrogen-bond acceptors (Lipinski definition) is 3. The zero-order valence-corrected chi connectivity index (χ0v) is 14.4. The molecule has 0 spiro atoms. The first kappa shape index (κ1) is 16.3. The third-order valence-electron chi connectivity index (χ3n) is 2.95. The van der Waals surface area contributed by atoms with Crippen LogP contribution in [0.2, 0.25) is 5.02 Å². The largest absolute Gasteiger partial charge is 0.326 e. The molecule has 0 unspecified atom stereocenters. The number of sulfonamides is 1. The normalized spacial score (nSPS) is 11.4. The first-order valence-electron chi connectivity index (χ1n) is 6.11.